The fraction of sp³-hybridized carbons (Fsp3) is 0.500. The van der Waals surface area contributed by atoms with Crippen molar-refractivity contribution in [3.63, 3.8) is 0 Å². The number of H-pyrrole nitrogens is 3. The average Bonchev–Trinajstić information content (AvgIpc) is 4.71. The van der Waals surface area contributed by atoms with Crippen LogP contribution >= 0.6 is 68.6 Å². The number of nitrogens with one attached hydrogen (secondary N) is 3. The number of aromatic amines is 3. The highest BCUT2D eigenvalue weighted by Crippen LogP contribution is 2.01. The summed E-state index contributed by atoms with van der Waals surface area (Å²) in [5.74, 6) is 1.82. The van der Waals surface area contributed by atoms with Crippen LogP contribution in [0.1, 0.15) is 260 Å². The van der Waals surface area contributed by atoms with Gasteiger partial charge in [0.25, 0.3) is 0 Å². The van der Waals surface area contributed by atoms with Gasteiger partial charge in [-0.1, -0.05) is 209 Å². The maximum atomic E-state index is 4.58. The van der Waals surface area contributed by atoms with Crippen molar-refractivity contribution in [2.75, 3.05) is 0 Å². The van der Waals surface area contributed by atoms with Crippen molar-refractivity contribution in [1.29, 1.82) is 0 Å². The molecular formula is C84H159N19O3S6. The summed E-state index contributed by atoms with van der Waals surface area (Å²) >= 11 is 9.47. The van der Waals surface area contributed by atoms with E-state index in [-0.39, 0.29) is 0 Å². The monoisotopic (exact) mass is 1670 g/mol. The number of rotatable bonds is 0. The summed E-state index contributed by atoms with van der Waals surface area (Å²) in [6, 6.07) is 9.48. The summed E-state index contributed by atoms with van der Waals surface area (Å²) in [6.07, 6.45) is 33.2. The van der Waals surface area contributed by atoms with Crippen LogP contribution in [0, 0.1) is 83.1 Å². The molecule has 0 unspecified atom stereocenters. The average molecular weight is 1680 g/mol. The van der Waals surface area contributed by atoms with Crippen molar-refractivity contribution in [2.45, 2.75) is 277 Å². The molecule has 0 saturated heterocycles. The molecule has 14 aromatic heterocycles. The number of aromatic nitrogens is 19. The van der Waals surface area contributed by atoms with Gasteiger partial charge >= 0.3 is 0 Å². The lowest BCUT2D eigenvalue weighted by molar-refractivity contribution is 0.397. The van der Waals surface area contributed by atoms with Crippen molar-refractivity contribution in [3.8, 4) is 0 Å². The lowest BCUT2D eigenvalue weighted by Crippen LogP contribution is -1.83. The first-order valence-electron chi connectivity index (χ1n) is 39.0. The zero-order chi connectivity index (χ0) is 89.7. The van der Waals surface area contributed by atoms with Gasteiger partial charge in [0.05, 0.1) is 58.8 Å². The Morgan fingerprint density at radius 3 is 1.12 bits per heavy atom. The van der Waals surface area contributed by atoms with E-state index in [0.717, 1.165) is 50.6 Å². The summed E-state index contributed by atoms with van der Waals surface area (Å²) in [4.78, 5) is 38.1. The maximum absolute atomic E-state index is 4.58. The Bertz CT molecular complexity index is 2430. The Labute approximate surface area is 708 Å². The van der Waals surface area contributed by atoms with Gasteiger partial charge in [-0.2, -0.15) is 9.47 Å². The molecule has 3 N–H and O–H groups in total. The summed E-state index contributed by atoms with van der Waals surface area (Å²) in [5, 5.41) is 23.4. The zero-order valence-electron chi connectivity index (χ0n) is 77.7. The van der Waals surface area contributed by atoms with E-state index in [1.54, 1.807) is 144 Å². The highest BCUT2D eigenvalue weighted by molar-refractivity contribution is 7.09. The molecule has 0 amide bonds. The van der Waals surface area contributed by atoms with Crippen molar-refractivity contribution in [3.05, 3.63) is 247 Å². The maximum Gasteiger partial charge on any atom is 0.133 e. The van der Waals surface area contributed by atoms with E-state index in [1.807, 2.05) is 371 Å². The Morgan fingerprint density at radius 2 is 1.00 bits per heavy atom. The van der Waals surface area contributed by atoms with Crippen LogP contribution in [0.4, 0.5) is 0 Å². The van der Waals surface area contributed by atoms with Crippen molar-refractivity contribution >= 4 is 68.6 Å². The number of hydrogen-bond donors (Lipinski definition) is 3. The van der Waals surface area contributed by atoms with Gasteiger partial charge in [0, 0.05) is 155 Å². The summed E-state index contributed by atoms with van der Waals surface area (Å²) < 4.78 is 28.8. The molecule has 0 atom stereocenters. The minimum absolute atomic E-state index is 0.856. The zero-order valence-corrected chi connectivity index (χ0v) is 82.5. The number of aryl methyl sites for hydroxylation is 14. The molecule has 0 aromatic carbocycles. The second-order valence-electron chi connectivity index (χ2n) is 16.3. The number of nitrogens with zero attached hydrogens (tertiary/aromatic N) is 16. The van der Waals surface area contributed by atoms with Crippen molar-refractivity contribution < 1.29 is 13.6 Å². The molecular weight excluding hydrogens is 1520 g/mol. The van der Waals surface area contributed by atoms with Crippen LogP contribution in [0.15, 0.2) is 195 Å². The van der Waals surface area contributed by atoms with Crippen LogP contribution in [0.3, 0.4) is 0 Å². The molecule has 0 radical (unpaired) electrons. The van der Waals surface area contributed by atoms with Gasteiger partial charge < -0.3 is 33.1 Å². The molecule has 22 nitrogen and oxygen atoms in total. The smallest absolute Gasteiger partial charge is 0.133 e. The third-order valence-corrected chi connectivity index (χ3v) is 12.3. The normalized spacial score (nSPS) is 7.38. The lowest BCUT2D eigenvalue weighted by Gasteiger charge is -1.77. The van der Waals surface area contributed by atoms with Gasteiger partial charge in [0.15, 0.2) is 0 Å². The predicted octanol–water partition coefficient (Wildman–Crippen LogP) is 29.0. The summed E-state index contributed by atoms with van der Waals surface area (Å²) in [6.45, 7) is 79.6. The van der Waals surface area contributed by atoms with Crippen LogP contribution in [0.5, 0.6) is 0 Å². The van der Waals surface area contributed by atoms with Crippen molar-refractivity contribution in [1.82, 2.24) is 92.8 Å². The fourth-order valence-electron chi connectivity index (χ4n) is 4.13. The lowest BCUT2D eigenvalue weighted by atomic mass is 10.4. The minimum Gasteiger partial charge on any atom is -0.365 e. The molecule has 0 spiro atoms. The predicted molar refractivity (Wildman–Crippen MR) is 500 cm³/mol. The molecule has 14 heterocycles. The largest absolute Gasteiger partial charge is 0.365 e. The minimum atomic E-state index is 0.856. The molecule has 0 aliphatic rings. The Balaban J connectivity index is -0.0000000751. The SMILES string of the molecule is CC.CC.CC.CC.CC.CC.CC.CC.CC.CC.CC.CC.CC.CC.Cc1ccno1.Cc1ccns1.Cc1ccon1.Cc1ccsn1.Cc1cnc[nH]1.Cc1cnc[nH]1.Cc1cncs1.Cc1cnoc1.Cc1cnsc1.Cc1cscn1.Cc1ncc[nH]1.Cc1nccs1.Cn1cccn1.Cn1ccnc1. The number of hydrogen-bond acceptors (Lipinski definition) is 23. The quantitative estimate of drug-likeness (QED) is 0.127. The van der Waals surface area contributed by atoms with Crippen molar-refractivity contribution in [2.24, 2.45) is 14.1 Å². The van der Waals surface area contributed by atoms with Gasteiger partial charge in [-0.3, -0.25) is 19.6 Å². The van der Waals surface area contributed by atoms with Crippen LogP contribution < -0.4 is 0 Å². The van der Waals surface area contributed by atoms with Gasteiger partial charge in [-0.05, 0) is 141 Å². The van der Waals surface area contributed by atoms with E-state index >= 15 is 0 Å². The third kappa shape index (κ3) is 128. The molecule has 0 aliphatic heterocycles. The molecule has 644 valence electrons. The third-order valence-electron chi connectivity index (χ3n) is 8.22. The highest BCUT2D eigenvalue weighted by atomic mass is 32.1. The van der Waals surface area contributed by atoms with Crippen LogP contribution in [-0.4, -0.2) is 92.8 Å². The van der Waals surface area contributed by atoms with Crippen LogP contribution in [-0.2, 0) is 14.1 Å². The molecule has 0 saturated carbocycles. The van der Waals surface area contributed by atoms with Gasteiger partial charge in [0.2, 0.25) is 0 Å². The molecule has 14 aromatic rings. The van der Waals surface area contributed by atoms with E-state index in [2.05, 4.69) is 97.1 Å². The van der Waals surface area contributed by atoms with E-state index in [4.69, 9.17) is 0 Å². The Kier molecular flexibility index (Phi) is 160. The summed E-state index contributed by atoms with van der Waals surface area (Å²) in [5.41, 5.74) is 11.3. The summed E-state index contributed by atoms with van der Waals surface area (Å²) in [7, 11) is 3.83. The molecule has 112 heavy (non-hydrogen) atoms. The second-order valence-corrected chi connectivity index (χ2v) is 21.5. The first-order valence-corrected chi connectivity index (χ1v) is 44.1. The van der Waals surface area contributed by atoms with Gasteiger partial charge in [-0.15, -0.1) is 34.0 Å². The van der Waals surface area contributed by atoms with Crippen LogP contribution in [0.25, 0.3) is 0 Å². The molecule has 0 aliphatic carbocycles. The standard InChI is InChI=1S/5C4H6N2.3C4H5NO.6C4H5NS.14C2H6/c2*1-4-2-5-3-6-4;1-6-3-2-5-4-6;1-6-4-2-3-5-6;1-4-5-2-3-6-4;1-4-2-5-6-3-4;1-4-2-3-6-5-4;1-4-2-3-5-6-4;1-4-2-6-3-5-4;1-4-2-5-3-6-4;1-4-2-5-6-3-4;1-4-5-2-3-6-4;1-4-2-3-6-5-4;1-4-2-3-5-6-4;14*1-2/h2*2-3H,1H3,(H,5,6);2*2-4H,1H3;2-3H,1H3,(H,5,6);9*2-3H,1H3;14*1-2H3. The first-order chi connectivity index (χ1) is 54.5. The van der Waals surface area contributed by atoms with E-state index < -0.39 is 0 Å². The first kappa shape index (κ1) is 136. The highest BCUT2D eigenvalue weighted by Gasteiger charge is 1.83. The number of imidazole rings is 4. The molecule has 0 bridgehead atoms. The Morgan fingerprint density at radius 1 is 0.420 bits per heavy atom. The van der Waals surface area contributed by atoms with E-state index in [0.29, 0.717) is 0 Å². The Hall–Kier alpha value is -8.54. The fourth-order valence-corrected chi connectivity index (χ4v) is 7.00. The van der Waals surface area contributed by atoms with E-state index in [9.17, 15) is 0 Å². The van der Waals surface area contributed by atoms with Crippen LogP contribution in [0.2, 0.25) is 0 Å². The molecule has 28 heteroatoms. The number of thiazole rings is 3. The topological polar surface area (TPSA) is 277 Å². The van der Waals surface area contributed by atoms with Gasteiger partial charge in [0.1, 0.15) is 24.1 Å². The van der Waals surface area contributed by atoms with Gasteiger partial charge in [-0.25, -0.2) is 28.7 Å². The van der Waals surface area contributed by atoms with E-state index in [1.165, 1.54) is 49.9 Å². The molecule has 0 fully saturated rings. The molecule has 14 rings (SSSR count). The second kappa shape index (κ2) is 132.